The summed E-state index contributed by atoms with van der Waals surface area (Å²) >= 11 is 0. The number of hydrogen-bond donors (Lipinski definition) is 2. The predicted molar refractivity (Wildman–Crippen MR) is 134 cm³/mol. The molecule has 0 radical (unpaired) electrons. The third-order valence-corrected chi connectivity index (χ3v) is 6.90. The average Bonchev–Trinajstić information content (AvgIpc) is 3.35. The molecule has 1 aliphatic heterocycles. The fraction of sp³-hybridized carbons (Fsp3) is 0.556. The van der Waals surface area contributed by atoms with Crippen LogP contribution in [-0.2, 0) is 17.7 Å². The van der Waals surface area contributed by atoms with E-state index in [9.17, 15) is 14.4 Å². The van der Waals surface area contributed by atoms with Crippen LogP contribution in [0.1, 0.15) is 84.1 Å². The van der Waals surface area contributed by atoms with Crippen molar-refractivity contribution in [3.8, 4) is 0 Å². The summed E-state index contributed by atoms with van der Waals surface area (Å²) in [6.45, 7) is 1.59. The fourth-order valence-corrected chi connectivity index (χ4v) is 4.91. The van der Waals surface area contributed by atoms with Gasteiger partial charge >= 0.3 is 0 Å². The SMILES string of the molecule is O=C(NCCc1ccncc1)c1cn(C[C@H]2CCCO2)cc(C(=O)NC2CCCCCCC2)c1=O. The van der Waals surface area contributed by atoms with Gasteiger partial charge in [0.1, 0.15) is 11.1 Å². The van der Waals surface area contributed by atoms with E-state index >= 15 is 0 Å². The maximum Gasteiger partial charge on any atom is 0.256 e. The molecule has 2 aliphatic rings. The van der Waals surface area contributed by atoms with Crippen molar-refractivity contribution in [3.63, 3.8) is 0 Å². The minimum Gasteiger partial charge on any atom is -0.376 e. The number of carbonyl (C=O) groups is 2. The van der Waals surface area contributed by atoms with Crippen LogP contribution in [-0.4, -0.2) is 46.7 Å². The molecule has 8 heteroatoms. The monoisotopic (exact) mass is 480 g/mol. The van der Waals surface area contributed by atoms with Crippen LogP contribution >= 0.6 is 0 Å². The summed E-state index contributed by atoms with van der Waals surface area (Å²) in [6, 6.07) is 3.84. The van der Waals surface area contributed by atoms with Gasteiger partial charge in [0.2, 0.25) is 5.43 Å². The van der Waals surface area contributed by atoms with Gasteiger partial charge in [-0.05, 0) is 49.8 Å². The molecule has 1 saturated carbocycles. The molecule has 0 bridgehead atoms. The van der Waals surface area contributed by atoms with Crippen LogP contribution in [0.2, 0.25) is 0 Å². The van der Waals surface area contributed by atoms with Crippen molar-refractivity contribution in [1.82, 2.24) is 20.2 Å². The van der Waals surface area contributed by atoms with E-state index in [1.54, 1.807) is 29.4 Å². The first-order valence-electron chi connectivity index (χ1n) is 12.9. The molecular weight excluding hydrogens is 444 g/mol. The lowest BCUT2D eigenvalue weighted by atomic mass is 9.96. The number of aromatic nitrogens is 2. The van der Waals surface area contributed by atoms with Gasteiger partial charge in [-0.25, -0.2) is 0 Å². The minimum atomic E-state index is -0.529. The van der Waals surface area contributed by atoms with E-state index in [1.165, 1.54) is 19.3 Å². The van der Waals surface area contributed by atoms with Gasteiger partial charge < -0.3 is 19.9 Å². The summed E-state index contributed by atoms with van der Waals surface area (Å²) in [5, 5.41) is 5.91. The zero-order valence-electron chi connectivity index (χ0n) is 20.3. The Labute approximate surface area is 206 Å². The van der Waals surface area contributed by atoms with Crippen molar-refractivity contribution in [2.24, 2.45) is 0 Å². The zero-order valence-corrected chi connectivity index (χ0v) is 20.3. The van der Waals surface area contributed by atoms with Crippen molar-refractivity contribution >= 4 is 11.8 Å². The first kappa shape index (κ1) is 25.1. The van der Waals surface area contributed by atoms with Crippen molar-refractivity contribution < 1.29 is 14.3 Å². The largest absolute Gasteiger partial charge is 0.376 e. The summed E-state index contributed by atoms with van der Waals surface area (Å²) < 4.78 is 7.51. The van der Waals surface area contributed by atoms with Gasteiger partial charge in [0, 0.05) is 50.5 Å². The molecule has 2 N–H and O–H groups in total. The molecule has 3 heterocycles. The number of hydrogen-bond acceptors (Lipinski definition) is 5. The third kappa shape index (κ3) is 7.24. The summed E-state index contributed by atoms with van der Waals surface area (Å²) in [4.78, 5) is 43.5. The summed E-state index contributed by atoms with van der Waals surface area (Å²) in [7, 11) is 0. The van der Waals surface area contributed by atoms with Gasteiger partial charge in [0.25, 0.3) is 11.8 Å². The predicted octanol–water partition coefficient (Wildman–Crippen LogP) is 3.24. The second-order valence-electron chi connectivity index (χ2n) is 9.62. The number of ether oxygens (including phenoxy) is 1. The maximum absolute atomic E-state index is 13.3. The second kappa shape index (κ2) is 12.6. The first-order valence-corrected chi connectivity index (χ1v) is 12.9. The lowest BCUT2D eigenvalue weighted by Gasteiger charge is -2.21. The van der Waals surface area contributed by atoms with Gasteiger partial charge in [0.15, 0.2) is 0 Å². The maximum atomic E-state index is 13.3. The average molecular weight is 481 g/mol. The molecule has 2 aromatic rings. The summed E-state index contributed by atoms with van der Waals surface area (Å²) in [5.74, 6) is -0.862. The number of nitrogens with one attached hydrogen (secondary N) is 2. The van der Waals surface area contributed by atoms with E-state index in [0.717, 1.165) is 44.1 Å². The Kier molecular flexibility index (Phi) is 9.06. The lowest BCUT2D eigenvalue weighted by Crippen LogP contribution is -2.40. The molecule has 4 rings (SSSR count). The molecule has 2 aromatic heterocycles. The van der Waals surface area contributed by atoms with E-state index in [-0.39, 0.29) is 23.3 Å². The number of carbonyl (C=O) groups excluding carboxylic acids is 2. The normalized spacial score (nSPS) is 19.0. The van der Waals surface area contributed by atoms with Gasteiger partial charge in [-0.2, -0.15) is 0 Å². The summed E-state index contributed by atoms with van der Waals surface area (Å²) in [5.41, 5.74) is 0.525. The van der Waals surface area contributed by atoms with E-state index in [1.807, 2.05) is 12.1 Å². The molecule has 0 unspecified atom stereocenters. The molecule has 35 heavy (non-hydrogen) atoms. The van der Waals surface area contributed by atoms with Crippen LogP contribution in [0.3, 0.4) is 0 Å². The topological polar surface area (TPSA) is 102 Å². The van der Waals surface area contributed by atoms with Crippen molar-refractivity contribution in [1.29, 1.82) is 0 Å². The number of rotatable bonds is 8. The zero-order chi connectivity index (χ0) is 24.5. The van der Waals surface area contributed by atoms with Crippen LogP contribution in [0.25, 0.3) is 0 Å². The Morgan fingerprint density at radius 2 is 1.63 bits per heavy atom. The molecule has 1 atom stereocenters. The molecular formula is C27H36N4O4. The molecule has 8 nitrogen and oxygen atoms in total. The Hall–Kier alpha value is -3.00. The van der Waals surface area contributed by atoms with Crippen LogP contribution in [0.15, 0.2) is 41.7 Å². The molecule has 1 saturated heterocycles. The summed E-state index contributed by atoms with van der Waals surface area (Å²) in [6.07, 6.45) is 16.7. The number of amides is 2. The molecule has 2 amide bonds. The standard InChI is InChI=1S/C27H36N4O4/c32-25-23(26(33)29-15-12-20-10-13-28-14-11-20)18-31(17-22-9-6-16-35-22)19-24(25)27(34)30-21-7-4-2-1-3-5-8-21/h10-11,13-14,18-19,21-22H,1-9,12,15-17H2,(H,29,33)(H,30,34)/t22-/m1/s1. The van der Waals surface area contributed by atoms with Crippen molar-refractivity contribution in [3.05, 3.63) is 63.8 Å². The Morgan fingerprint density at radius 3 is 2.31 bits per heavy atom. The Balaban J connectivity index is 1.51. The quantitative estimate of drug-likeness (QED) is 0.604. The Bertz CT molecular complexity index is 1040. The molecule has 0 spiro atoms. The van der Waals surface area contributed by atoms with Gasteiger partial charge in [-0.3, -0.25) is 19.4 Å². The second-order valence-corrected chi connectivity index (χ2v) is 9.62. The highest BCUT2D eigenvalue weighted by Gasteiger charge is 2.23. The minimum absolute atomic E-state index is 0.0111. The number of nitrogens with zero attached hydrogens (tertiary/aromatic N) is 2. The molecule has 1 aliphatic carbocycles. The van der Waals surface area contributed by atoms with E-state index in [0.29, 0.717) is 26.1 Å². The van der Waals surface area contributed by atoms with Gasteiger partial charge in [0.05, 0.1) is 6.10 Å². The number of pyridine rings is 2. The lowest BCUT2D eigenvalue weighted by molar-refractivity contribution is 0.0914. The third-order valence-electron chi connectivity index (χ3n) is 6.90. The fourth-order valence-electron chi connectivity index (χ4n) is 4.91. The molecule has 0 aromatic carbocycles. The highest BCUT2D eigenvalue weighted by atomic mass is 16.5. The first-order chi connectivity index (χ1) is 17.1. The van der Waals surface area contributed by atoms with Crippen LogP contribution in [0.4, 0.5) is 0 Å². The highest BCUT2D eigenvalue weighted by molar-refractivity contribution is 5.99. The molecule has 2 fully saturated rings. The van der Waals surface area contributed by atoms with E-state index in [2.05, 4.69) is 15.6 Å². The van der Waals surface area contributed by atoms with Crippen LogP contribution < -0.4 is 16.1 Å². The van der Waals surface area contributed by atoms with Crippen molar-refractivity contribution in [2.75, 3.05) is 13.2 Å². The van der Waals surface area contributed by atoms with Gasteiger partial charge in [-0.15, -0.1) is 0 Å². The highest BCUT2D eigenvalue weighted by Crippen LogP contribution is 2.18. The van der Waals surface area contributed by atoms with Crippen molar-refractivity contribution in [2.45, 2.75) is 82.9 Å². The smallest absolute Gasteiger partial charge is 0.256 e. The molecule has 188 valence electrons. The Morgan fingerprint density at radius 1 is 0.943 bits per heavy atom. The van der Waals surface area contributed by atoms with E-state index in [4.69, 9.17) is 4.74 Å². The van der Waals surface area contributed by atoms with E-state index < -0.39 is 17.2 Å². The van der Waals surface area contributed by atoms with Crippen LogP contribution in [0, 0.1) is 0 Å². The van der Waals surface area contributed by atoms with Crippen LogP contribution in [0.5, 0.6) is 0 Å². The van der Waals surface area contributed by atoms with Gasteiger partial charge in [-0.1, -0.05) is 32.1 Å².